The first kappa shape index (κ1) is 24.1. The topological polar surface area (TPSA) is 20.2 Å². The highest BCUT2D eigenvalue weighted by molar-refractivity contribution is 5.66. The molecular formula is C20H32O. The maximum Gasteiger partial charge on any atom is 0.123 e. The van der Waals surface area contributed by atoms with Gasteiger partial charge in [0.15, 0.2) is 0 Å². The van der Waals surface area contributed by atoms with Crippen LogP contribution in [0.1, 0.15) is 59.9 Å². The largest absolute Gasteiger partial charge is 0.507 e. The van der Waals surface area contributed by atoms with Crippen LogP contribution >= 0.6 is 0 Å². The molecule has 0 amide bonds. The van der Waals surface area contributed by atoms with E-state index in [0.29, 0.717) is 5.75 Å². The monoisotopic (exact) mass is 288 g/mol. The third-order valence-electron chi connectivity index (χ3n) is 1.98. The van der Waals surface area contributed by atoms with Gasteiger partial charge >= 0.3 is 0 Å². The normalized spacial score (nSPS) is 7.62. The molecule has 0 atom stereocenters. The molecular weight excluding hydrogens is 256 g/mol. The second kappa shape index (κ2) is 18.1. The summed E-state index contributed by atoms with van der Waals surface area (Å²) in [4.78, 5) is 0. The van der Waals surface area contributed by atoms with E-state index in [1.54, 1.807) is 12.1 Å². The third kappa shape index (κ3) is 18.1. The number of para-hydroxylation sites is 1. The Morgan fingerprint density at radius 2 is 1.52 bits per heavy atom. The van der Waals surface area contributed by atoms with E-state index in [9.17, 15) is 5.11 Å². The van der Waals surface area contributed by atoms with Gasteiger partial charge in [0.2, 0.25) is 0 Å². The zero-order chi connectivity index (χ0) is 17.3. The minimum Gasteiger partial charge on any atom is -0.507 e. The molecule has 0 aliphatic rings. The van der Waals surface area contributed by atoms with Gasteiger partial charge in [0, 0.05) is 5.56 Å². The summed E-state index contributed by atoms with van der Waals surface area (Å²) >= 11 is 0. The first-order valence-corrected chi connectivity index (χ1v) is 7.31. The van der Waals surface area contributed by atoms with E-state index >= 15 is 0 Å². The van der Waals surface area contributed by atoms with E-state index in [2.05, 4.69) is 60.1 Å². The average Bonchev–Trinajstić information content (AvgIpc) is 2.42. The molecule has 1 N–H and O–H groups in total. The van der Waals surface area contributed by atoms with Crippen LogP contribution in [0.2, 0.25) is 0 Å². The summed E-state index contributed by atoms with van der Waals surface area (Å²) < 4.78 is 0. The van der Waals surface area contributed by atoms with Gasteiger partial charge in [-0.15, -0.1) is 12.8 Å². The lowest BCUT2D eigenvalue weighted by Crippen LogP contribution is -1.76. The number of phenolic OH excluding ortho intramolecular Hbond substituents is 1. The molecule has 0 saturated carbocycles. The predicted octanol–water partition coefficient (Wildman–Crippen LogP) is 6.45. The highest BCUT2D eigenvalue weighted by atomic mass is 16.3. The number of terminal acetylenes is 1. The molecule has 0 aliphatic carbocycles. The van der Waals surface area contributed by atoms with Crippen molar-refractivity contribution in [2.24, 2.45) is 0 Å². The third-order valence-corrected chi connectivity index (χ3v) is 1.98. The van der Waals surface area contributed by atoms with E-state index in [1.807, 2.05) is 19.1 Å². The summed E-state index contributed by atoms with van der Waals surface area (Å²) in [6, 6.07) is 7.17. The van der Waals surface area contributed by atoms with Crippen LogP contribution in [0.5, 0.6) is 5.75 Å². The van der Waals surface area contributed by atoms with Gasteiger partial charge in [-0.2, -0.15) is 0 Å². The number of aromatic hydroxyl groups is 1. The van der Waals surface area contributed by atoms with Gasteiger partial charge in [-0.25, -0.2) is 0 Å². The average molecular weight is 288 g/mol. The Morgan fingerprint density at radius 1 is 1.10 bits per heavy atom. The highest BCUT2D eigenvalue weighted by Gasteiger charge is 1.96. The first-order chi connectivity index (χ1) is 9.90. The number of phenols is 1. The number of benzene rings is 1. The molecule has 1 aromatic rings. The molecule has 0 aromatic heterocycles. The van der Waals surface area contributed by atoms with Crippen molar-refractivity contribution in [2.75, 3.05) is 0 Å². The van der Waals surface area contributed by atoms with Crippen molar-refractivity contribution in [3.8, 4) is 18.6 Å². The molecule has 0 heterocycles. The van der Waals surface area contributed by atoms with Crippen molar-refractivity contribution >= 4 is 5.57 Å². The molecule has 0 bridgehead atoms. The molecule has 1 aromatic carbocycles. The molecule has 0 unspecified atom stereocenters. The number of rotatable bonds is 2. The number of hydrogen-bond acceptors (Lipinski definition) is 1. The van der Waals surface area contributed by atoms with E-state index in [4.69, 9.17) is 0 Å². The quantitative estimate of drug-likeness (QED) is 0.489. The molecule has 1 nitrogen and oxygen atoms in total. The zero-order valence-electron chi connectivity index (χ0n) is 14.6. The number of hydrogen-bond donors (Lipinski definition) is 1. The lowest BCUT2D eigenvalue weighted by Gasteiger charge is -2.00. The fourth-order valence-corrected chi connectivity index (χ4v) is 1.24. The Balaban J connectivity index is -0.000000253. The van der Waals surface area contributed by atoms with Crippen molar-refractivity contribution in [1.82, 2.24) is 0 Å². The maximum atomic E-state index is 9.22. The standard InChI is InChI=1S/C9H10O.C6H12.C3H8.C2H2/c1-7(2)8-5-3-4-6-9(8)10;1-4-5-6(2)3;1-3-2;1-2/h3-6,10H,1H2,2H3;5H,4H2,1-3H3;3H2,1-2H3;1-2H. The van der Waals surface area contributed by atoms with Gasteiger partial charge in [0.05, 0.1) is 0 Å². The van der Waals surface area contributed by atoms with Crippen LogP contribution in [0.25, 0.3) is 5.57 Å². The fraction of sp³-hybridized carbons (Fsp3) is 0.400. The molecule has 1 heteroatoms. The molecule has 118 valence electrons. The van der Waals surface area contributed by atoms with Crippen LogP contribution in [0.15, 0.2) is 42.5 Å². The molecule has 1 rings (SSSR count). The van der Waals surface area contributed by atoms with Crippen LogP contribution in [-0.4, -0.2) is 5.11 Å². The van der Waals surface area contributed by atoms with Gasteiger partial charge in [-0.3, -0.25) is 0 Å². The summed E-state index contributed by atoms with van der Waals surface area (Å²) in [7, 11) is 0. The van der Waals surface area contributed by atoms with E-state index in [0.717, 1.165) is 11.1 Å². The lowest BCUT2D eigenvalue weighted by molar-refractivity contribution is 0.473. The zero-order valence-corrected chi connectivity index (χ0v) is 14.6. The van der Waals surface area contributed by atoms with E-state index < -0.39 is 0 Å². The smallest absolute Gasteiger partial charge is 0.123 e. The van der Waals surface area contributed by atoms with Crippen molar-refractivity contribution < 1.29 is 5.11 Å². The molecule has 0 saturated heterocycles. The van der Waals surface area contributed by atoms with Crippen molar-refractivity contribution in [3.05, 3.63) is 48.1 Å². The molecule has 0 spiro atoms. The van der Waals surface area contributed by atoms with Crippen LogP contribution < -0.4 is 0 Å². The molecule has 0 radical (unpaired) electrons. The van der Waals surface area contributed by atoms with Crippen LogP contribution in [0.4, 0.5) is 0 Å². The Kier molecular flexibility index (Phi) is 20.7. The van der Waals surface area contributed by atoms with Gasteiger partial charge in [-0.1, -0.05) is 63.6 Å². The van der Waals surface area contributed by atoms with Crippen LogP contribution in [0.3, 0.4) is 0 Å². The Labute approximate surface area is 132 Å². The Hall–Kier alpha value is -1.94. The Morgan fingerprint density at radius 3 is 1.71 bits per heavy atom. The Bertz CT molecular complexity index is 407. The summed E-state index contributed by atoms with van der Waals surface area (Å²) in [5, 5.41) is 9.22. The lowest BCUT2D eigenvalue weighted by atomic mass is 10.1. The van der Waals surface area contributed by atoms with E-state index in [-0.39, 0.29) is 0 Å². The summed E-state index contributed by atoms with van der Waals surface area (Å²) in [5.41, 5.74) is 3.12. The minimum atomic E-state index is 0.301. The van der Waals surface area contributed by atoms with Gasteiger partial charge in [0.1, 0.15) is 5.75 Å². The van der Waals surface area contributed by atoms with Crippen molar-refractivity contribution in [2.45, 2.75) is 54.4 Å². The first-order valence-electron chi connectivity index (χ1n) is 7.31. The maximum absolute atomic E-state index is 9.22. The fourth-order valence-electron chi connectivity index (χ4n) is 1.24. The second-order valence-corrected chi connectivity index (χ2v) is 4.69. The molecule has 21 heavy (non-hydrogen) atoms. The number of allylic oxidation sites excluding steroid dienone is 3. The van der Waals surface area contributed by atoms with Crippen LogP contribution in [0, 0.1) is 12.8 Å². The summed E-state index contributed by atoms with van der Waals surface area (Å²) in [6.45, 7) is 16.2. The summed E-state index contributed by atoms with van der Waals surface area (Å²) in [5.74, 6) is 0.301. The second-order valence-electron chi connectivity index (χ2n) is 4.69. The van der Waals surface area contributed by atoms with Crippen molar-refractivity contribution in [1.29, 1.82) is 0 Å². The summed E-state index contributed by atoms with van der Waals surface area (Å²) in [6.07, 6.45) is 12.6. The molecule has 0 aliphatic heterocycles. The van der Waals surface area contributed by atoms with Gasteiger partial charge in [0.25, 0.3) is 0 Å². The predicted molar refractivity (Wildman–Crippen MR) is 98.4 cm³/mol. The van der Waals surface area contributed by atoms with Crippen LogP contribution in [-0.2, 0) is 0 Å². The van der Waals surface area contributed by atoms with E-state index in [1.165, 1.54) is 18.4 Å². The van der Waals surface area contributed by atoms with Gasteiger partial charge in [-0.05, 0) is 38.8 Å². The molecule has 0 fully saturated rings. The highest BCUT2D eigenvalue weighted by Crippen LogP contribution is 2.21. The minimum absolute atomic E-state index is 0.301. The van der Waals surface area contributed by atoms with Gasteiger partial charge < -0.3 is 5.11 Å². The SMILES string of the molecule is C#C.C=C(C)c1ccccc1O.CCC.CCC=C(C)C. The van der Waals surface area contributed by atoms with Crippen molar-refractivity contribution in [3.63, 3.8) is 0 Å².